The summed E-state index contributed by atoms with van der Waals surface area (Å²) in [6, 6.07) is 0. The van der Waals surface area contributed by atoms with Gasteiger partial charge in [-0.05, 0) is 81.0 Å². The molecule has 0 spiro atoms. The minimum absolute atomic E-state index is 0.215. The molecular weight excluding hydrogens is 285 g/mol. The Balaban J connectivity index is 1.51. The van der Waals surface area contributed by atoms with Crippen molar-refractivity contribution in [3.05, 3.63) is 0 Å². The first kappa shape index (κ1) is 16.6. The van der Waals surface area contributed by atoms with E-state index in [-0.39, 0.29) is 11.8 Å². The van der Waals surface area contributed by atoms with E-state index in [0.717, 1.165) is 25.2 Å². The van der Waals surface area contributed by atoms with Gasteiger partial charge in [0.15, 0.2) is 0 Å². The highest BCUT2D eigenvalue weighted by atomic mass is 19.2. The van der Waals surface area contributed by atoms with Crippen LogP contribution in [0.5, 0.6) is 0 Å². The summed E-state index contributed by atoms with van der Waals surface area (Å²) in [7, 11) is 0. The maximum absolute atomic E-state index is 14.7. The maximum atomic E-state index is 14.7. The van der Waals surface area contributed by atoms with E-state index in [4.69, 9.17) is 0 Å². The second kappa shape index (κ2) is 7.13. The summed E-state index contributed by atoms with van der Waals surface area (Å²) in [5.41, 5.74) is 0. The molecule has 3 fully saturated rings. The van der Waals surface area contributed by atoms with Gasteiger partial charge in [0.05, 0.1) is 0 Å². The predicted octanol–water partition coefficient (Wildman–Crippen LogP) is 6.04. The van der Waals surface area contributed by atoms with Crippen molar-refractivity contribution in [2.45, 2.75) is 89.6 Å². The molecule has 0 aromatic carbocycles. The van der Waals surface area contributed by atoms with E-state index in [0.29, 0.717) is 31.1 Å². The van der Waals surface area contributed by atoms with Crippen LogP contribution in [-0.4, -0.2) is 18.5 Å². The Morgan fingerprint density at radius 1 is 0.545 bits per heavy atom. The first-order valence-corrected chi connectivity index (χ1v) is 9.46. The third-order valence-corrected chi connectivity index (χ3v) is 6.93. The first-order valence-electron chi connectivity index (χ1n) is 9.46. The normalized spacial score (nSPS) is 50.7. The van der Waals surface area contributed by atoms with E-state index >= 15 is 0 Å². The maximum Gasteiger partial charge on any atom is 0.131 e. The lowest BCUT2D eigenvalue weighted by molar-refractivity contribution is 0.0133. The topological polar surface area (TPSA) is 0 Å². The Bertz CT molecular complexity index is 351. The van der Waals surface area contributed by atoms with Gasteiger partial charge in [-0.15, -0.1) is 0 Å². The van der Waals surface area contributed by atoms with E-state index in [1.165, 1.54) is 25.7 Å². The second-order valence-corrected chi connectivity index (χ2v) is 8.38. The lowest BCUT2D eigenvalue weighted by atomic mass is 9.65. The van der Waals surface area contributed by atoms with Crippen LogP contribution in [0, 0.1) is 29.6 Å². The number of rotatable bonds is 2. The molecule has 22 heavy (non-hydrogen) atoms. The largest absolute Gasteiger partial charge is 0.247 e. The number of alkyl halides is 3. The van der Waals surface area contributed by atoms with Crippen molar-refractivity contribution in [1.29, 1.82) is 0 Å². The third-order valence-electron chi connectivity index (χ3n) is 6.93. The van der Waals surface area contributed by atoms with E-state index in [9.17, 15) is 13.2 Å². The molecule has 0 nitrogen and oxygen atoms in total. The van der Waals surface area contributed by atoms with Crippen LogP contribution in [0.15, 0.2) is 0 Å². The summed E-state index contributed by atoms with van der Waals surface area (Å²) in [6.45, 7) is 2.30. The van der Waals surface area contributed by atoms with Crippen LogP contribution < -0.4 is 0 Å². The van der Waals surface area contributed by atoms with Crippen molar-refractivity contribution < 1.29 is 13.2 Å². The van der Waals surface area contributed by atoms with E-state index < -0.39 is 18.5 Å². The molecule has 0 N–H and O–H groups in total. The van der Waals surface area contributed by atoms with Crippen molar-refractivity contribution in [1.82, 2.24) is 0 Å². The minimum Gasteiger partial charge on any atom is -0.247 e. The van der Waals surface area contributed by atoms with Crippen molar-refractivity contribution in [2.75, 3.05) is 0 Å². The van der Waals surface area contributed by atoms with E-state index in [2.05, 4.69) is 6.92 Å². The molecule has 0 heterocycles. The fraction of sp³-hybridized carbons (Fsp3) is 1.00. The number of halogens is 3. The highest BCUT2D eigenvalue weighted by molar-refractivity contribution is 4.91. The molecule has 0 aromatic rings. The minimum atomic E-state index is -1.31. The van der Waals surface area contributed by atoms with Gasteiger partial charge in [-0.25, -0.2) is 13.2 Å². The monoisotopic (exact) mass is 316 g/mol. The van der Waals surface area contributed by atoms with Gasteiger partial charge in [0.1, 0.15) is 18.5 Å². The van der Waals surface area contributed by atoms with Crippen molar-refractivity contribution in [3.8, 4) is 0 Å². The number of hydrogen-bond donors (Lipinski definition) is 0. The SMILES string of the molecule is CC1CCC(C2CCC([C@@H]3CCC(F)C(F)C3)CC2F)CC1. The van der Waals surface area contributed by atoms with Crippen molar-refractivity contribution in [2.24, 2.45) is 29.6 Å². The van der Waals surface area contributed by atoms with Gasteiger partial charge in [0, 0.05) is 0 Å². The average molecular weight is 316 g/mol. The Hall–Kier alpha value is -0.210. The molecule has 0 aliphatic heterocycles. The average Bonchev–Trinajstić information content (AvgIpc) is 2.51. The molecule has 6 atom stereocenters. The van der Waals surface area contributed by atoms with Gasteiger partial charge >= 0.3 is 0 Å². The second-order valence-electron chi connectivity index (χ2n) is 8.38. The lowest BCUT2D eigenvalue weighted by Gasteiger charge is -2.42. The fourth-order valence-electron chi connectivity index (χ4n) is 5.38. The molecule has 3 aliphatic carbocycles. The molecule has 0 aromatic heterocycles. The summed E-state index contributed by atoms with van der Waals surface area (Å²) >= 11 is 0. The molecular formula is C19H31F3. The van der Waals surface area contributed by atoms with Crippen molar-refractivity contribution in [3.63, 3.8) is 0 Å². The molecule has 3 heteroatoms. The Morgan fingerprint density at radius 3 is 1.68 bits per heavy atom. The Morgan fingerprint density at radius 2 is 1.09 bits per heavy atom. The van der Waals surface area contributed by atoms with Gasteiger partial charge in [-0.2, -0.15) is 0 Å². The highest BCUT2D eigenvalue weighted by Gasteiger charge is 2.41. The van der Waals surface area contributed by atoms with Gasteiger partial charge in [-0.1, -0.05) is 19.8 Å². The summed E-state index contributed by atoms with van der Waals surface area (Å²) in [5.74, 6) is 2.13. The zero-order chi connectivity index (χ0) is 15.7. The Kier molecular flexibility index (Phi) is 5.39. The fourth-order valence-corrected chi connectivity index (χ4v) is 5.38. The lowest BCUT2D eigenvalue weighted by Crippen LogP contribution is -2.38. The zero-order valence-corrected chi connectivity index (χ0v) is 13.8. The molecule has 5 unspecified atom stereocenters. The third kappa shape index (κ3) is 3.64. The molecule has 0 bridgehead atoms. The van der Waals surface area contributed by atoms with Crippen LogP contribution in [0.2, 0.25) is 0 Å². The molecule has 3 rings (SSSR count). The van der Waals surface area contributed by atoms with Crippen LogP contribution in [0.1, 0.15) is 71.1 Å². The van der Waals surface area contributed by atoms with E-state index in [1.807, 2.05) is 0 Å². The van der Waals surface area contributed by atoms with Crippen molar-refractivity contribution >= 4 is 0 Å². The summed E-state index contributed by atoms with van der Waals surface area (Å²) in [6.07, 6.45) is 5.60. The van der Waals surface area contributed by atoms with Gasteiger partial charge < -0.3 is 0 Å². The molecule has 0 radical (unpaired) electrons. The molecule has 128 valence electrons. The predicted molar refractivity (Wildman–Crippen MR) is 84.0 cm³/mol. The molecule has 3 aliphatic rings. The van der Waals surface area contributed by atoms with Gasteiger partial charge in [0.2, 0.25) is 0 Å². The molecule has 0 amide bonds. The molecule has 3 saturated carbocycles. The summed E-state index contributed by atoms with van der Waals surface area (Å²) in [4.78, 5) is 0. The summed E-state index contributed by atoms with van der Waals surface area (Å²) in [5, 5.41) is 0. The standard InChI is InChI=1S/C19H31F3/c1-12-2-4-13(5-3-12)16-8-6-14(10-18(16)21)15-7-9-17(20)19(22)11-15/h12-19H,2-11H2,1H3/t12?,13?,14?,15-,16?,17?,18?,19?/m1/s1. The van der Waals surface area contributed by atoms with Gasteiger partial charge in [-0.3, -0.25) is 0 Å². The van der Waals surface area contributed by atoms with Crippen LogP contribution in [0.4, 0.5) is 13.2 Å². The van der Waals surface area contributed by atoms with Crippen LogP contribution in [-0.2, 0) is 0 Å². The van der Waals surface area contributed by atoms with Crippen LogP contribution in [0.3, 0.4) is 0 Å². The van der Waals surface area contributed by atoms with E-state index in [1.54, 1.807) is 0 Å². The first-order chi connectivity index (χ1) is 10.5. The van der Waals surface area contributed by atoms with Gasteiger partial charge in [0.25, 0.3) is 0 Å². The Labute approximate surface area is 133 Å². The smallest absolute Gasteiger partial charge is 0.131 e. The molecule has 0 saturated heterocycles. The number of hydrogen-bond acceptors (Lipinski definition) is 0. The van der Waals surface area contributed by atoms with Crippen LogP contribution >= 0.6 is 0 Å². The van der Waals surface area contributed by atoms with Crippen LogP contribution in [0.25, 0.3) is 0 Å². The quantitative estimate of drug-likeness (QED) is 0.582. The zero-order valence-electron chi connectivity index (χ0n) is 13.8. The highest BCUT2D eigenvalue weighted by Crippen LogP contribution is 2.46. The summed E-state index contributed by atoms with van der Waals surface area (Å²) < 4.78 is 41.6.